The lowest BCUT2D eigenvalue weighted by molar-refractivity contribution is 0.0819. The molecule has 0 atom stereocenters. The minimum atomic E-state index is -0.712. The largest absolute Gasteiger partial charge is 0.465 e. The molecule has 0 radical (unpaired) electrons. The average Bonchev–Trinajstić information content (AvgIpc) is 1.98. The summed E-state index contributed by atoms with van der Waals surface area (Å²) in [7, 11) is 0. The number of thioether (sulfide) groups is 1. The minimum Gasteiger partial charge on any atom is -0.465 e. The molecule has 4 nitrogen and oxygen atoms in total. The number of nitrogens with zero attached hydrogens (tertiary/aromatic N) is 1. The topological polar surface area (TPSA) is 64.7 Å². The molecule has 0 aromatic carbocycles. The number of urea groups is 1. The predicted molar refractivity (Wildman–Crippen MR) is 53.9 cm³/mol. The Hall–Kier alpha value is -0.710. The van der Waals surface area contributed by atoms with Gasteiger partial charge in [0.2, 0.25) is 0 Å². The van der Waals surface area contributed by atoms with Crippen LogP contribution < -0.4 is 5.73 Å². The van der Waals surface area contributed by atoms with Crippen molar-refractivity contribution in [2.75, 3.05) is 0 Å². The summed E-state index contributed by atoms with van der Waals surface area (Å²) in [6, 6.07) is -0.712. The van der Waals surface area contributed by atoms with E-state index >= 15 is 0 Å². The Kier molecular flexibility index (Phi) is 2.32. The van der Waals surface area contributed by atoms with E-state index in [-0.39, 0.29) is 10.3 Å². The molecule has 1 aliphatic heterocycles. The lowest BCUT2D eigenvalue weighted by Crippen LogP contribution is -2.38. The molecule has 1 aliphatic rings. The first-order valence-corrected chi connectivity index (χ1v) is 4.82. The molecule has 0 unspecified atom stereocenters. The van der Waals surface area contributed by atoms with Gasteiger partial charge in [-0.1, -0.05) is 11.8 Å². The molecular formula is C8H14N2O2S. The van der Waals surface area contributed by atoms with E-state index in [1.54, 1.807) is 0 Å². The maximum atomic E-state index is 10.5. The Morgan fingerprint density at radius 3 is 2.31 bits per heavy atom. The Morgan fingerprint density at radius 2 is 2.00 bits per heavy atom. The van der Waals surface area contributed by atoms with E-state index in [1.165, 1.54) is 11.8 Å². The summed E-state index contributed by atoms with van der Waals surface area (Å²) in [6.07, 6.45) is 0. The number of amides is 2. The van der Waals surface area contributed by atoms with E-state index in [9.17, 15) is 4.79 Å². The first-order valence-electron chi connectivity index (χ1n) is 4.01. The molecule has 0 aliphatic carbocycles. The Balaban J connectivity index is 2.88. The lowest BCUT2D eigenvalue weighted by atomic mass is 9.94. The van der Waals surface area contributed by atoms with Gasteiger partial charge in [-0.3, -0.25) is 0 Å². The van der Waals surface area contributed by atoms with E-state index in [2.05, 4.69) is 4.99 Å². The zero-order valence-corrected chi connectivity index (χ0v) is 9.07. The van der Waals surface area contributed by atoms with Crippen LogP contribution in [0.4, 0.5) is 4.79 Å². The summed E-state index contributed by atoms with van der Waals surface area (Å²) < 4.78 is 5.39. The van der Waals surface area contributed by atoms with Crippen molar-refractivity contribution in [1.29, 1.82) is 0 Å². The fourth-order valence-corrected chi connectivity index (χ4v) is 1.95. The highest BCUT2D eigenvalue weighted by Crippen LogP contribution is 2.45. The molecule has 1 rings (SSSR count). The highest BCUT2D eigenvalue weighted by atomic mass is 32.2. The molecule has 1 fully saturated rings. The van der Waals surface area contributed by atoms with Crippen molar-refractivity contribution < 1.29 is 9.53 Å². The molecule has 5 heteroatoms. The van der Waals surface area contributed by atoms with Crippen LogP contribution >= 0.6 is 11.8 Å². The Morgan fingerprint density at radius 1 is 1.46 bits per heavy atom. The van der Waals surface area contributed by atoms with Gasteiger partial charge in [-0.2, -0.15) is 4.99 Å². The number of carbonyl (C=O) groups excluding carboxylic acids is 1. The molecule has 2 N–H and O–H groups in total. The highest BCUT2D eigenvalue weighted by Gasteiger charge is 2.48. The Labute approximate surface area is 81.9 Å². The van der Waals surface area contributed by atoms with E-state index in [0.29, 0.717) is 5.23 Å². The number of hydrogen-bond acceptors (Lipinski definition) is 3. The lowest BCUT2D eigenvalue weighted by Gasteiger charge is -2.30. The first kappa shape index (κ1) is 10.4. The fourth-order valence-electron chi connectivity index (χ4n) is 0.839. The summed E-state index contributed by atoms with van der Waals surface area (Å²) in [4.78, 5) is 14.1. The number of hydrogen-bond donors (Lipinski definition) is 1. The zero-order valence-electron chi connectivity index (χ0n) is 8.25. The molecule has 74 valence electrons. The number of rotatable bonds is 0. The van der Waals surface area contributed by atoms with Gasteiger partial charge < -0.3 is 10.5 Å². The van der Waals surface area contributed by atoms with Crippen molar-refractivity contribution in [3.05, 3.63) is 0 Å². The second kappa shape index (κ2) is 2.90. The minimum absolute atomic E-state index is 0.0959. The van der Waals surface area contributed by atoms with Crippen LogP contribution in [0.1, 0.15) is 27.7 Å². The van der Waals surface area contributed by atoms with Crippen LogP contribution in [0.25, 0.3) is 0 Å². The average molecular weight is 202 g/mol. The predicted octanol–water partition coefficient (Wildman–Crippen LogP) is 1.74. The smallest absolute Gasteiger partial charge is 0.342 e. The second-order valence-electron chi connectivity index (χ2n) is 3.94. The monoisotopic (exact) mass is 202 g/mol. The van der Waals surface area contributed by atoms with Crippen LogP contribution in [0.15, 0.2) is 4.99 Å². The van der Waals surface area contributed by atoms with Crippen LogP contribution in [0.3, 0.4) is 0 Å². The van der Waals surface area contributed by atoms with Gasteiger partial charge in [0.25, 0.3) is 5.23 Å². The van der Waals surface area contributed by atoms with Crippen molar-refractivity contribution in [3.63, 3.8) is 0 Å². The third-order valence-corrected chi connectivity index (χ3v) is 3.69. The maximum Gasteiger partial charge on any atom is 0.342 e. The maximum absolute atomic E-state index is 10.5. The number of nitrogens with two attached hydrogens (primary N) is 1. The van der Waals surface area contributed by atoms with Gasteiger partial charge in [0.1, 0.15) is 5.60 Å². The number of ether oxygens (including phenoxy) is 1. The van der Waals surface area contributed by atoms with Crippen LogP contribution in [-0.4, -0.2) is 21.6 Å². The number of carbonyl (C=O) groups is 1. The summed E-state index contributed by atoms with van der Waals surface area (Å²) in [5.41, 5.74) is 4.60. The SMILES string of the molecule is CC1(C)O/C(=N/C(N)=O)SC1(C)C. The van der Waals surface area contributed by atoms with Gasteiger partial charge >= 0.3 is 6.03 Å². The Bertz CT molecular complexity index is 253. The van der Waals surface area contributed by atoms with E-state index < -0.39 is 6.03 Å². The molecule has 1 heterocycles. The standard InChI is InChI=1S/C8H14N2O2S/c1-7(2)8(3,4)13-6(12-7)10-5(9)11/h1-4H3,(H2,9,11)/b10-6-. The zero-order chi connectivity index (χ0) is 10.3. The van der Waals surface area contributed by atoms with Gasteiger partial charge in [0, 0.05) is 0 Å². The number of aliphatic imine (C=N–C) groups is 1. The second-order valence-corrected chi connectivity index (χ2v) is 5.51. The van der Waals surface area contributed by atoms with Crippen LogP contribution in [-0.2, 0) is 4.74 Å². The molecule has 0 aromatic rings. The van der Waals surface area contributed by atoms with E-state index in [1.807, 2.05) is 27.7 Å². The van der Waals surface area contributed by atoms with Gasteiger partial charge in [0.15, 0.2) is 0 Å². The van der Waals surface area contributed by atoms with Gasteiger partial charge in [-0.25, -0.2) is 4.79 Å². The quantitative estimate of drug-likeness (QED) is 0.650. The molecule has 0 saturated carbocycles. The molecule has 1 saturated heterocycles. The molecule has 13 heavy (non-hydrogen) atoms. The summed E-state index contributed by atoms with van der Waals surface area (Å²) in [6.45, 7) is 8.01. The molecule has 0 aromatic heterocycles. The van der Waals surface area contributed by atoms with Gasteiger partial charge in [-0.05, 0) is 27.7 Å². The molecule has 2 amide bonds. The van der Waals surface area contributed by atoms with Gasteiger partial charge in [-0.15, -0.1) is 0 Å². The van der Waals surface area contributed by atoms with E-state index in [4.69, 9.17) is 10.5 Å². The van der Waals surface area contributed by atoms with Crippen molar-refractivity contribution >= 4 is 23.0 Å². The summed E-state index contributed by atoms with van der Waals surface area (Å²) >= 11 is 1.43. The summed E-state index contributed by atoms with van der Waals surface area (Å²) in [5, 5.41) is 0.363. The van der Waals surface area contributed by atoms with Crippen LogP contribution in [0.5, 0.6) is 0 Å². The molecular weight excluding hydrogens is 188 g/mol. The third-order valence-electron chi connectivity index (χ3n) is 2.34. The normalized spacial score (nSPS) is 27.2. The van der Waals surface area contributed by atoms with Crippen molar-refractivity contribution in [2.24, 2.45) is 10.7 Å². The third kappa shape index (κ3) is 1.96. The van der Waals surface area contributed by atoms with Crippen molar-refractivity contribution in [3.8, 4) is 0 Å². The molecule has 0 bridgehead atoms. The van der Waals surface area contributed by atoms with Crippen LogP contribution in [0.2, 0.25) is 0 Å². The van der Waals surface area contributed by atoms with Crippen molar-refractivity contribution in [2.45, 2.75) is 38.0 Å². The fraction of sp³-hybridized carbons (Fsp3) is 0.750. The summed E-state index contributed by atoms with van der Waals surface area (Å²) in [5.74, 6) is 0. The first-order chi connectivity index (χ1) is 5.74. The van der Waals surface area contributed by atoms with E-state index in [0.717, 1.165) is 0 Å². The highest BCUT2D eigenvalue weighted by molar-refractivity contribution is 8.15. The van der Waals surface area contributed by atoms with Gasteiger partial charge in [0.05, 0.1) is 4.75 Å². The molecule has 0 spiro atoms. The number of primary amides is 1. The van der Waals surface area contributed by atoms with Crippen molar-refractivity contribution in [1.82, 2.24) is 0 Å². The van der Waals surface area contributed by atoms with Crippen LogP contribution in [0, 0.1) is 0 Å².